The largest absolute Gasteiger partial charge is 0.393 e. The zero-order valence-corrected chi connectivity index (χ0v) is 12.0. The predicted molar refractivity (Wildman–Crippen MR) is 75.6 cm³/mol. The Morgan fingerprint density at radius 1 is 1.05 bits per heavy atom. The van der Waals surface area contributed by atoms with E-state index < -0.39 is 0 Å². The number of esters is 2. The first-order valence-electron chi connectivity index (χ1n) is 7.63. The number of unbranched alkanes of at least 4 members (excludes halogenated alkanes) is 7. The molecule has 19 heavy (non-hydrogen) atoms. The van der Waals surface area contributed by atoms with Gasteiger partial charge in [-0.1, -0.05) is 57.6 Å². The first-order valence-corrected chi connectivity index (χ1v) is 7.63. The Morgan fingerprint density at radius 2 is 1.74 bits per heavy atom. The van der Waals surface area contributed by atoms with Crippen LogP contribution in [0.5, 0.6) is 0 Å². The van der Waals surface area contributed by atoms with E-state index in [1.807, 2.05) is 6.08 Å². The van der Waals surface area contributed by atoms with Crippen LogP contribution in [0.4, 0.5) is 0 Å². The van der Waals surface area contributed by atoms with Gasteiger partial charge in [-0.05, 0) is 19.3 Å². The summed E-state index contributed by atoms with van der Waals surface area (Å²) in [6.45, 7) is 2.23. The van der Waals surface area contributed by atoms with Crippen molar-refractivity contribution in [2.75, 3.05) is 0 Å². The number of ether oxygens (including phenoxy) is 1. The topological polar surface area (TPSA) is 43.4 Å². The minimum atomic E-state index is -0.379. The summed E-state index contributed by atoms with van der Waals surface area (Å²) < 4.78 is 4.50. The lowest BCUT2D eigenvalue weighted by atomic mass is 10.0. The molecule has 0 aromatic rings. The van der Waals surface area contributed by atoms with Crippen LogP contribution in [0.15, 0.2) is 12.2 Å². The molecule has 0 radical (unpaired) electrons. The molecule has 108 valence electrons. The molecule has 1 aliphatic rings. The Balaban J connectivity index is 1.93. The van der Waals surface area contributed by atoms with Gasteiger partial charge in [0.15, 0.2) is 0 Å². The van der Waals surface area contributed by atoms with Crippen molar-refractivity contribution in [1.82, 2.24) is 0 Å². The lowest BCUT2D eigenvalue weighted by Gasteiger charge is -2.00. The van der Waals surface area contributed by atoms with Crippen molar-refractivity contribution in [3.05, 3.63) is 12.2 Å². The van der Waals surface area contributed by atoms with E-state index in [1.165, 1.54) is 44.9 Å². The molecule has 1 aliphatic heterocycles. The minimum Gasteiger partial charge on any atom is -0.393 e. The fourth-order valence-electron chi connectivity index (χ4n) is 2.30. The molecule has 0 spiro atoms. The number of allylic oxidation sites excluding steroid dienone is 2. The van der Waals surface area contributed by atoms with Gasteiger partial charge >= 0.3 is 11.9 Å². The number of cyclic esters (lactones) is 2. The molecule has 0 aromatic carbocycles. The summed E-state index contributed by atoms with van der Waals surface area (Å²) in [6, 6.07) is 0. The van der Waals surface area contributed by atoms with E-state index in [2.05, 4.69) is 17.7 Å². The number of carbonyl (C=O) groups excluding carboxylic acids is 2. The van der Waals surface area contributed by atoms with E-state index >= 15 is 0 Å². The molecule has 1 fully saturated rings. The van der Waals surface area contributed by atoms with Crippen LogP contribution in [0, 0.1) is 5.92 Å². The average molecular weight is 266 g/mol. The van der Waals surface area contributed by atoms with Crippen LogP contribution in [0.2, 0.25) is 0 Å². The summed E-state index contributed by atoms with van der Waals surface area (Å²) in [5, 5.41) is 0. The molecule has 0 aliphatic carbocycles. The molecule has 1 rings (SSSR count). The number of hydrogen-bond acceptors (Lipinski definition) is 3. The van der Waals surface area contributed by atoms with Gasteiger partial charge in [-0.2, -0.15) is 0 Å². The van der Waals surface area contributed by atoms with Crippen molar-refractivity contribution in [3.8, 4) is 0 Å². The lowest BCUT2D eigenvalue weighted by molar-refractivity contribution is -0.153. The van der Waals surface area contributed by atoms with E-state index in [0.29, 0.717) is 6.42 Å². The second-order valence-corrected chi connectivity index (χ2v) is 5.31. The molecule has 0 N–H and O–H groups in total. The van der Waals surface area contributed by atoms with E-state index in [9.17, 15) is 9.59 Å². The van der Waals surface area contributed by atoms with Gasteiger partial charge in [-0.15, -0.1) is 0 Å². The van der Waals surface area contributed by atoms with Crippen LogP contribution >= 0.6 is 0 Å². The van der Waals surface area contributed by atoms with Crippen molar-refractivity contribution in [2.24, 2.45) is 5.92 Å². The minimum absolute atomic E-state index is 0.238. The van der Waals surface area contributed by atoms with Crippen LogP contribution in [-0.4, -0.2) is 11.9 Å². The third kappa shape index (κ3) is 7.14. The number of rotatable bonds is 10. The molecule has 0 amide bonds. The molecule has 0 unspecified atom stereocenters. The molecule has 1 atom stereocenters. The Bertz CT molecular complexity index is 307. The van der Waals surface area contributed by atoms with Gasteiger partial charge < -0.3 is 4.74 Å². The van der Waals surface area contributed by atoms with Gasteiger partial charge in [0, 0.05) is 0 Å². The number of carbonyl (C=O) groups is 2. The summed E-state index contributed by atoms with van der Waals surface area (Å²) in [4.78, 5) is 22.1. The summed E-state index contributed by atoms with van der Waals surface area (Å²) >= 11 is 0. The van der Waals surface area contributed by atoms with E-state index in [4.69, 9.17) is 0 Å². The molecule has 3 nitrogen and oxygen atoms in total. The first-order chi connectivity index (χ1) is 9.24. The second kappa shape index (κ2) is 9.76. The van der Waals surface area contributed by atoms with Crippen molar-refractivity contribution < 1.29 is 14.3 Å². The van der Waals surface area contributed by atoms with E-state index in [1.54, 1.807) is 0 Å². The summed E-state index contributed by atoms with van der Waals surface area (Å²) in [5.74, 6) is -0.973. The molecule has 1 heterocycles. The van der Waals surface area contributed by atoms with Gasteiger partial charge in [0.05, 0.1) is 12.3 Å². The van der Waals surface area contributed by atoms with Crippen LogP contribution in [0.25, 0.3) is 0 Å². The summed E-state index contributed by atoms with van der Waals surface area (Å²) in [6.07, 6.45) is 15.3. The van der Waals surface area contributed by atoms with Gasteiger partial charge in [0.1, 0.15) is 0 Å². The fourth-order valence-corrected chi connectivity index (χ4v) is 2.30. The average Bonchev–Trinajstić information content (AvgIpc) is 2.70. The van der Waals surface area contributed by atoms with Gasteiger partial charge in [-0.25, -0.2) is 0 Å². The molecule has 3 heteroatoms. The van der Waals surface area contributed by atoms with Crippen LogP contribution < -0.4 is 0 Å². The molecule has 0 aromatic heterocycles. The zero-order valence-electron chi connectivity index (χ0n) is 12.0. The highest BCUT2D eigenvalue weighted by Gasteiger charge is 2.31. The Labute approximate surface area is 116 Å². The van der Waals surface area contributed by atoms with Crippen LogP contribution in [0.3, 0.4) is 0 Å². The third-order valence-electron chi connectivity index (χ3n) is 3.52. The monoisotopic (exact) mass is 266 g/mol. The zero-order chi connectivity index (χ0) is 13.9. The Kier molecular flexibility index (Phi) is 8.19. The highest BCUT2D eigenvalue weighted by Crippen LogP contribution is 2.20. The highest BCUT2D eigenvalue weighted by molar-refractivity contribution is 5.94. The van der Waals surface area contributed by atoms with Crippen LogP contribution in [-0.2, 0) is 14.3 Å². The third-order valence-corrected chi connectivity index (χ3v) is 3.52. The van der Waals surface area contributed by atoms with Crippen molar-refractivity contribution in [1.29, 1.82) is 0 Å². The molecule has 0 saturated carbocycles. The summed E-state index contributed by atoms with van der Waals surface area (Å²) in [5.41, 5.74) is 0. The molecular formula is C16H26O3. The first kappa shape index (κ1) is 15.9. The van der Waals surface area contributed by atoms with Gasteiger partial charge in [-0.3, -0.25) is 9.59 Å². The maximum absolute atomic E-state index is 11.2. The van der Waals surface area contributed by atoms with Crippen molar-refractivity contribution >= 4 is 11.9 Å². The smallest absolute Gasteiger partial charge is 0.317 e. The maximum Gasteiger partial charge on any atom is 0.317 e. The standard InChI is InChI=1S/C16H26O3/c1-2-3-4-5-6-7-8-9-10-11-12-14-13-15(17)19-16(14)18/h10-11,14H,2-9,12-13H2,1H3/b11-10+/t14-/m1/s1. The van der Waals surface area contributed by atoms with Crippen LogP contribution in [0.1, 0.15) is 71.1 Å². The van der Waals surface area contributed by atoms with E-state index in [0.717, 1.165) is 6.42 Å². The van der Waals surface area contributed by atoms with Crippen molar-refractivity contribution in [2.45, 2.75) is 71.1 Å². The van der Waals surface area contributed by atoms with Gasteiger partial charge in [0.2, 0.25) is 0 Å². The Morgan fingerprint density at radius 3 is 2.37 bits per heavy atom. The Hall–Kier alpha value is -1.12. The molecule has 0 bridgehead atoms. The number of hydrogen-bond donors (Lipinski definition) is 0. The fraction of sp³-hybridized carbons (Fsp3) is 0.750. The highest BCUT2D eigenvalue weighted by atomic mass is 16.6. The summed E-state index contributed by atoms with van der Waals surface area (Å²) in [7, 11) is 0. The SMILES string of the molecule is CCCCCCCCC/C=C/C[C@@H]1CC(=O)OC1=O. The molecule has 1 saturated heterocycles. The van der Waals surface area contributed by atoms with Gasteiger partial charge in [0.25, 0.3) is 0 Å². The van der Waals surface area contributed by atoms with Crippen molar-refractivity contribution in [3.63, 3.8) is 0 Å². The lowest BCUT2D eigenvalue weighted by Crippen LogP contribution is -2.05. The second-order valence-electron chi connectivity index (χ2n) is 5.31. The predicted octanol–water partition coefficient (Wildman–Crippen LogP) is 4.16. The quantitative estimate of drug-likeness (QED) is 0.258. The normalized spacial score (nSPS) is 19.3. The van der Waals surface area contributed by atoms with E-state index in [-0.39, 0.29) is 24.3 Å². The maximum atomic E-state index is 11.2. The molecular weight excluding hydrogens is 240 g/mol.